The third kappa shape index (κ3) is 3.20. The van der Waals surface area contributed by atoms with Crippen molar-refractivity contribution in [2.45, 2.75) is 44.5 Å². The maximum Gasteiger partial charge on any atom is 0.431 e. The Morgan fingerprint density at radius 1 is 1.30 bits per heavy atom. The van der Waals surface area contributed by atoms with E-state index in [0.29, 0.717) is 17.6 Å². The first kappa shape index (κ1) is 17.6. The molecule has 1 aliphatic rings. The average Bonchev–Trinajstić information content (AvgIpc) is 3.07. The van der Waals surface area contributed by atoms with Crippen LogP contribution in [0.1, 0.15) is 44.0 Å². The van der Waals surface area contributed by atoms with Crippen molar-refractivity contribution in [3.8, 4) is 5.75 Å². The number of alkyl halides is 3. The minimum atomic E-state index is -4.47. The Labute approximate surface area is 154 Å². The van der Waals surface area contributed by atoms with E-state index in [1.54, 1.807) is 0 Å². The fourth-order valence-corrected chi connectivity index (χ4v) is 3.43. The fourth-order valence-electron chi connectivity index (χ4n) is 3.43. The van der Waals surface area contributed by atoms with Crippen LogP contribution in [0.25, 0.3) is 11.0 Å². The number of aromatic amines is 1. The second-order valence-corrected chi connectivity index (χ2v) is 7.01. The van der Waals surface area contributed by atoms with Gasteiger partial charge in [-0.2, -0.15) is 13.2 Å². The Hall–Kier alpha value is -2.77. The SMILES string of the molecule is CCC1(C)CC(Nc2ncnc3[nH]c(C(F)(F)F)cc23)c2ccccc2O1. The highest BCUT2D eigenvalue weighted by molar-refractivity contribution is 5.88. The summed E-state index contributed by atoms with van der Waals surface area (Å²) in [7, 11) is 0. The molecule has 27 heavy (non-hydrogen) atoms. The fraction of sp³-hybridized carbons (Fsp3) is 0.368. The zero-order valence-electron chi connectivity index (χ0n) is 14.9. The molecule has 2 atom stereocenters. The summed E-state index contributed by atoms with van der Waals surface area (Å²) < 4.78 is 45.3. The number of para-hydroxylation sites is 1. The number of nitrogens with zero attached hydrogens (tertiary/aromatic N) is 2. The van der Waals surface area contributed by atoms with Crippen molar-refractivity contribution in [1.29, 1.82) is 0 Å². The standard InChI is InChI=1S/C19H19F3N4O/c1-3-18(2)9-13(11-6-4-5-7-14(11)27-18)25-16-12-8-15(19(20,21)22)26-17(12)24-10-23-16/h4-8,10,13H,3,9H2,1-2H3,(H2,23,24,25,26). The molecule has 0 aliphatic carbocycles. The summed E-state index contributed by atoms with van der Waals surface area (Å²) in [6, 6.07) is 8.59. The number of hydrogen-bond acceptors (Lipinski definition) is 4. The molecule has 142 valence electrons. The van der Waals surface area contributed by atoms with Gasteiger partial charge in [0.15, 0.2) is 0 Å². The van der Waals surface area contributed by atoms with Crippen molar-refractivity contribution in [3.63, 3.8) is 0 Å². The lowest BCUT2D eigenvalue weighted by molar-refractivity contribution is -0.140. The molecule has 4 rings (SSSR count). The van der Waals surface area contributed by atoms with E-state index in [9.17, 15) is 13.2 Å². The van der Waals surface area contributed by atoms with Gasteiger partial charge in [0.25, 0.3) is 0 Å². The lowest BCUT2D eigenvalue weighted by Gasteiger charge is -2.40. The molecule has 2 aromatic heterocycles. The van der Waals surface area contributed by atoms with Gasteiger partial charge in [-0.25, -0.2) is 9.97 Å². The molecule has 1 aromatic carbocycles. The average molecular weight is 376 g/mol. The molecule has 0 amide bonds. The summed E-state index contributed by atoms with van der Waals surface area (Å²) in [6.07, 6.45) is -1.74. The molecular weight excluding hydrogens is 357 g/mol. The number of aromatic nitrogens is 3. The molecule has 0 saturated heterocycles. The maximum atomic E-state index is 13.0. The van der Waals surface area contributed by atoms with E-state index >= 15 is 0 Å². The quantitative estimate of drug-likeness (QED) is 0.669. The van der Waals surface area contributed by atoms with Crippen LogP contribution in [0.3, 0.4) is 0 Å². The van der Waals surface area contributed by atoms with Gasteiger partial charge in [-0.05, 0) is 25.5 Å². The van der Waals surface area contributed by atoms with Gasteiger partial charge in [-0.3, -0.25) is 0 Å². The highest BCUT2D eigenvalue weighted by Gasteiger charge is 2.37. The highest BCUT2D eigenvalue weighted by Crippen LogP contribution is 2.43. The van der Waals surface area contributed by atoms with Crippen molar-refractivity contribution in [1.82, 2.24) is 15.0 Å². The van der Waals surface area contributed by atoms with Gasteiger partial charge < -0.3 is 15.0 Å². The molecule has 0 fully saturated rings. The second-order valence-electron chi connectivity index (χ2n) is 7.01. The molecule has 1 aliphatic heterocycles. The van der Waals surface area contributed by atoms with Crippen molar-refractivity contribution in [3.05, 3.63) is 47.9 Å². The summed E-state index contributed by atoms with van der Waals surface area (Å²) in [4.78, 5) is 10.4. The molecule has 2 unspecified atom stereocenters. The van der Waals surface area contributed by atoms with Crippen LogP contribution < -0.4 is 10.1 Å². The Morgan fingerprint density at radius 2 is 2.07 bits per heavy atom. The third-order valence-electron chi connectivity index (χ3n) is 5.08. The van der Waals surface area contributed by atoms with Crippen LogP contribution in [-0.4, -0.2) is 20.6 Å². The van der Waals surface area contributed by atoms with E-state index in [2.05, 4.69) is 27.2 Å². The lowest BCUT2D eigenvalue weighted by Crippen LogP contribution is -2.39. The van der Waals surface area contributed by atoms with Crippen LogP contribution >= 0.6 is 0 Å². The Morgan fingerprint density at radius 3 is 2.81 bits per heavy atom. The summed E-state index contributed by atoms with van der Waals surface area (Å²) in [5, 5.41) is 3.63. The number of hydrogen-bond donors (Lipinski definition) is 2. The van der Waals surface area contributed by atoms with Crippen molar-refractivity contribution in [2.75, 3.05) is 5.32 Å². The van der Waals surface area contributed by atoms with Crippen LogP contribution in [0.5, 0.6) is 5.75 Å². The largest absolute Gasteiger partial charge is 0.487 e. The summed E-state index contributed by atoms with van der Waals surface area (Å²) in [5.41, 5.74) is -0.0972. The summed E-state index contributed by atoms with van der Waals surface area (Å²) >= 11 is 0. The molecular formula is C19H19F3N4O. The van der Waals surface area contributed by atoms with Crippen LogP contribution in [0.4, 0.5) is 19.0 Å². The van der Waals surface area contributed by atoms with Gasteiger partial charge >= 0.3 is 6.18 Å². The Balaban J connectivity index is 1.74. The number of fused-ring (bicyclic) bond motifs is 2. The zero-order chi connectivity index (χ0) is 19.2. The Bertz CT molecular complexity index is 984. The number of halogens is 3. The number of ether oxygens (including phenoxy) is 1. The zero-order valence-corrected chi connectivity index (χ0v) is 14.9. The van der Waals surface area contributed by atoms with Gasteiger partial charge in [-0.15, -0.1) is 0 Å². The van der Waals surface area contributed by atoms with E-state index in [-0.39, 0.29) is 17.3 Å². The number of H-pyrrole nitrogens is 1. The molecule has 2 N–H and O–H groups in total. The van der Waals surface area contributed by atoms with Crippen LogP contribution in [-0.2, 0) is 6.18 Å². The first-order valence-electron chi connectivity index (χ1n) is 8.74. The monoisotopic (exact) mass is 376 g/mol. The first-order valence-corrected chi connectivity index (χ1v) is 8.74. The van der Waals surface area contributed by atoms with Gasteiger partial charge in [0, 0.05) is 12.0 Å². The van der Waals surface area contributed by atoms with E-state index in [0.717, 1.165) is 23.8 Å². The number of nitrogens with one attached hydrogen (secondary N) is 2. The number of benzene rings is 1. The third-order valence-corrected chi connectivity index (χ3v) is 5.08. The minimum absolute atomic E-state index is 0.137. The molecule has 5 nitrogen and oxygen atoms in total. The molecule has 0 saturated carbocycles. The normalized spacial score (nSPS) is 22.3. The van der Waals surface area contributed by atoms with E-state index in [1.807, 2.05) is 31.2 Å². The summed E-state index contributed by atoms with van der Waals surface area (Å²) in [5.74, 6) is 1.15. The molecule has 3 heterocycles. The van der Waals surface area contributed by atoms with E-state index in [1.165, 1.54) is 6.33 Å². The van der Waals surface area contributed by atoms with Gasteiger partial charge in [0.2, 0.25) is 0 Å². The van der Waals surface area contributed by atoms with Gasteiger partial charge in [0.1, 0.15) is 34.8 Å². The van der Waals surface area contributed by atoms with Crippen LogP contribution in [0, 0.1) is 0 Å². The molecule has 3 aromatic rings. The summed E-state index contributed by atoms with van der Waals surface area (Å²) in [6.45, 7) is 4.08. The van der Waals surface area contributed by atoms with Gasteiger partial charge in [-0.1, -0.05) is 25.1 Å². The molecule has 0 radical (unpaired) electrons. The maximum absolute atomic E-state index is 13.0. The van der Waals surface area contributed by atoms with Crippen molar-refractivity contribution < 1.29 is 17.9 Å². The van der Waals surface area contributed by atoms with Crippen molar-refractivity contribution >= 4 is 16.9 Å². The van der Waals surface area contributed by atoms with E-state index in [4.69, 9.17) is 4.74 Å². The first-order chi connectivity index (χ1) is 12.8. The smallest absolute Gasteiger partial charge is 0.431 e. The Kier molecular flexibility index (Phi) is 4.01. The number of anilines is 1. The predicted molar refractivity (Wildman–Crippen MR) is 95.6 cm³/mol. The van der Waals surface area contributed by atoms with Gasteiger partial charge in [0.05, 0.1) is 11.4 Å². The predicted octanol–water partition coefficient (Wildman–Crippen LogP) is 5.08. The minimum Gasteiger partial charge on any atom is -0.487 e. The van der Waals surface area contributed by atoms with Crippen LogP contribution in [0.2, 0.25) is 0 Å². The molecule has 8 heteroatoms. The lowest BCUT2D eigenvalue weighted by atomic mass is 9.86. The second kappa shape index (κ2) is 6.14. The van der Waals surface area contributed by atoms with E-state index < -0.39 is 11.9 Å². The molecule has 0 bridgehead atoms. The van der Waals surface area contributed by atoms with Crippen LogP contribution in [0.15, 0.2) is 36.7 Å². The van der Waals surface area contributed by atoms with Crippen molar-refractivity contribution in [2.24, 2.45) is 0 Å². The topological polar surface area (TPSA) is 62.8 Å². The number of rotatable bonds is 3. The molecule has 0 spiro atoms. The highest BCUT2D eigenvalue weighted by atomic mass is 19.4.